The predicted molar refractivity (Wildman–Crippen MR) is 85.4 cm³/mol. The lowest BCUT2D eigenvalue weighted by molar-refractivity contribution is -0.145. The molecular formula is C14H27F3O3Si2. The molecule has 1 aliphatic rings. The molecule has 3 nitrogen and oxygen atoms in total. The van der Waals surface area contributed by atoms with Crippen molar-refractivity contribution in [1.82, 2.24) is 0 Å². The van der Waals surface area contributed by atoms with Gasteiger partial charge in [0.1, 0.15) is 0 Å². The van der Waals surface area contributed by atoms with Gasteiger partial charge in [0.05, 0.1) is 13.0 Å². The Bertz CT molecular complexity index is 355. The molecule has 1 rings (SSSR count). The Morgan fingerprint density at radius 2 is 1.95 bits per heavy atom. The second-order valence-electron chi connectivity index (χ2n) is 6.16. The fourth-order valence-corrected chi connectivity index (χ4v) is 10.7. The van der Waals surface area contributed by atoms with Crippen molar-refractivity contribution in [2.45, 2.75) is 57.0 Å². The van der Waals surface area contributed by atoms with E-state index in [-0.39, 0.29) is 6.61 Å². The maximum absolute atomic E-state index is 12.0. The minimum atomic E-state index is -4.14. The highest BCUT2D eigenvalue weighted by atomic mass is 28.4. The third-order valence-corrected chi connectivity index (χ3v) is 11.8. The number of rotatable bonds is 7. The first-order valence-electron chi connectivity index (χ1n) is 7.80. The maximum Gasteiger partial charge on any atom is 0.391 e. The van der Waals surface area contributed by atoms with E-state index in [1.165, 1.54) is 0 Å². The highest BCUT2D eigenvalue weighted by Crippen LogP contribution is 2.29. The molecule has 22 heavy (non-hydrogen) atoms. The van der Waals surface area contributed by atoms with E-state index in [0.717, 1.165) is 38.0 Å². The smallest absolute Gasteiger partial charge is 0.391 e. The molecule has 8 heteroatoms. The topological polar surface area (TPSA) is 27.7 Å². The first-order chi connectivity index (χ1) is 10.2. The number of alkyl halides is 3. The molecule has 0 saturated carbocycles. The van der Waals surface area contributed by atoms with Crippen molar-refractivity contribution in [3.8, 4) is 0 Å². The van der Waals surface area contributed by atoms with Crippen LogP contribution in [0.15, 0.2) is 12.3 Å². The summed E-state index contributed by atoms with van der Waals surface area (Å²) in [4.78, 5) is 0. The van der Waals surface area contributed by atoms with Gasteiger partial charge in [-0.1, -0.05) is 12.1 Å². The fraction of sp³-hybridized carbons (Fsp3) is 0.857. The standard InChI is InChI=1S/C14H27F3O3Si2/c1-4-22(3)19-10-5-6-12-21(2,20-22)13-7-9-18-11-8-14(15,16)17/h4H,1,5-13H2,2-3H3. The molecule has 0 aliphatic carbocycles. The van der Waals surface area contributed by atoms with E-state index in [1.54, 1.807) is 0 Å². The second kappa shape index (κ2) is 8.63. The van der Waals surface area contributed by atoms with Crippen LogP contribution in [0.2, 0.25) is 25.2 Å². The van der Waals surface area contributed by atoms with Crippen molar-refractivity contribution in [3.05, 3.63) is 12.3 Å². The third kappa shape index (κ3) is 7.91. The summed E-state index contributed by atoms with van der Waals surface area (Å²) >= 11 is 0. The minimum Gasteiger partial charge on any atom is -0.433 e. The zero-order valence-electron chi connectivity index (χ0n) is 13.5. The third-order valence-electron chi connectivity index (χ3n) is 3.83. The Labute approximate surface area is 133 Å². The van der Waals surface area contributed by atoms with Crippen molar-refractivity contribution >= 4 is 16.9 Å². The molecule has 1 saturated heterocycles. The molecule has 2 atom stereocenters. The average Bonchev–Trinajstić information content (AvgIpc) is 2.39. The van der Waals surface area contributed by atoms with E-state index in [1.807, 2.05) is 12.2 Å². The largest absolute Gasteiger partial charge is 0.433 e. The van der Waals surface area contributed by atoms with Crippen LogP contribution in [0.3, 0.4) is 0 Å². The van der Waals surface area contributed by atoms with Crippen molar-refractivity contribution in [1.29, 1.82) is 0 Å². The molecule has 1 aliphatic heterocycles. The average molecular weight is 357 g/mol. The van der Waals surface area contributed by atoms with Gasteiger partial charge in [-0.25, -0.2) is 0 Å². The zero-order valence-corrected chi connectivity index (χ0v) is 15.5. The van der Waals surface area contributed by atoms with Crippen LogP contribution in [0.1, 0.15) is 25.7 Å². The van der Waals surface area contributed by atoms with Crippen LogP contribution in [-0.2, 0) is 13.3 Å². The van der Waals surface area contributed by atoms with Crippen LogP contribution in [0.5, 0.6) is 0 Å². The Hall–Kier alpha value is -0.156. The Morgan fingerprint density at radius 1 is 1.23 bits per heavy atom. The summed E-state index contributed by atoms with van der Waals surface area (Å²) in [6, 6.07) is 1.95. The molecule has 0 spiro atoms. The molecule has 0 radical (unpaired) electrons. The van der Waals surface area contributed by atoms with E-state index >= 15 is 0 Å². The molecule has 1 fully saturated rings. The van der Waals surface area contributed by atoms with Gasteiger partial charge >= 0.3 is 14.7 Å². The van der Waals surface area contributed by atoms with E-state index < -0.39 is 29.5 Å². The van der Waals surface area contributed by atoms with E-state index in [9.17, 15) is 13.2 Å². The Morgan fingerprint density at radius 3 is 2.59 bits per heavy atom. The highest BCUT2D eigenvalue weighted by molar-refractivity contribution is 6.85. The summed E-state index contributed by atoms with van der Waals surface area (Å²) in [5.41, 5.74) is 1.82. The minimum absolute atomic E-state index is 0.259. The summed E-state index contributed by atoms with van der Waals surface area (Å²) in [5.74, 6) is 0. The van der Waals surface area contributed by atoms with Crippen molar-refractivity contribution < 1.29 is 26.4 Å². The highest BCUT2D eigenvalue weighted by Gasteiger charge is 2.40. The van der Waals surface area contributed by atoms with Crippen LogP contribution in [0.25, 0.3) is 0 Å². The first-order valence-corrected chi connectivity index (χ1v) is 13.0. The van der Waals surface area contributed by atoms with Gasteiger partial charge in [-0.15, -0.1) is 6.58 Å². The van der Waals surface area contributed by atoms with E-state index in [4.69, 9.17) is 13.3 Å². The SMILES string of the molecule is C=C[Si]1(C)OCCCC[Si](C)(CCCOCCC(F)(F)F)O1. The lowest BCUT2D eigenvalue weighted by Gasteiger charge is -2.38. The Kier molecular flexibility index (Phi) is 7.80. The molecule has 1 heterocycles. The van der Waals surface area contributed by atoms with Gasteiger partial charge in [0.25, 0.3) is 0 Å². The lowest BCUT2D eigenvalue weighted by atomic mass is 10.4. The summed E-state index contributed by atoms with van der Waals surface area (Å²) in [6.45, 7) is 8.86. The van der Waals surface area contributed by atoms with Crippen LogP contribution < -0.4 is 0 Å². The van der Waals surface area contributed by atoms with Gasteiger partial charge in [-0.3, -0.25) is 0 Å². The molecule has 0 amide bonds. The van der Waals surface area contributed by atoms with E-state index in [2.05, 4.69) is 13.1 Å². The first kappa shape index (κ1) is 19.9. The van der Waals surface area contributed by atoms with Crippen LogP contribution in [-0.4, -0.2) is 42.9 Å². The summed E-state index contributed by atoms with van der Waals surface area (Å²) in [7, 11) is -4.20. The van der Waals surface area contributed by atoms with Crippen molar-refractivity contribution in [2.75, 3.05) is 19.8 Å². The van der Waals surface area contributed by atoms with Gasteiger partial charge in [-0.2, -0.15) is 13.2 Å². The van der Waals surface area contributed by atoms with Gasteiger partial charge in [-0.05, 0) is 38.0 Å². The monoisotopic (exact) mass is 356 g/mol. The summed E-state index contributed by atoms with van der Waals surface area (Å²) < 4.78 is 53.4. The van der Waals surface area contributed by atoms with Crippen LogP contribution >= 0.6 is 0 Å². The molecule has 0 aromatic carbocycles. The molecule has 0 N–H and O–H groups in total. The van der Waals surface area contributed by atoms with Gasteiger partial charge in [0, 0.05) is 13.2 Å². The van der Waals surface area contributed by atoms with Gasteiger partial charge in [0.2, 0.25) is 0 Å². The van der Waals surface area contributed by atoms with Crippen molar-refractivity contribution in [2.24, 2.45) is 0 Å². The second-order valence-corrected chi connectivity index (χ2v) is 13.6. The molecule has 2 unspecified atom stereocenters. The number of hydrogen-bond donors (Lipinski definition) is 0. The molecular weight excluding hydrogens is 329 g/mol. The van der Waals surface area contributed by atoms with Crippen LogP contribution in [0.4, 0.5) is 13.2 Å². The maximum atomic E-state index is 12.0. The van der Waals surface area contributed by atoms with E-state index in [0.29, 0.717) is 6.61 Å². The molecule has 0 aromatic heterocycles. The zero-order chi connectivity index (χ0) is 16.7. The van der Waals surface area contributed by atoms with Crippen molar-refractivity contribution in [3.63, 3.8) is 0 Å². The van der Waals surface area contributed by atoms with Gasteiger partial charge in [0.15, 0.2) is 8.32 Å². The number of hydrogen-bond acceptors (Lipinski definition) is 3. The summed E-state index contributed by atoms with van der Waals surface area (Å²) in [6.07, 6.45) is -2.17. The molecule has 0 bridgehead atoms. The molecule has 0 aromatic rings. The lowest BCUT2D eigenvalue weighted by Crippen LogP contribution is -2.50. The quantitative estimate of drug-likeness (QED) is 0.495. The Balaban J connectivity index is 2.35. The normalized spacial score (nSPS) is 30.6. The fourth-order valence-electron chi connectivity index (χ4n) is 2.56. The molecule has 130 valence electrons. The number of ether oxygens (including phenoxy) is 1. The van der Waals surface area contributed by atoms with Crippen LogP contribution in [0, 0.1) is 0 Å². The van der Waals surface area contributed by atoms with Gasteiger partial charge < -0.3 is 13.3 Å². The number of halogens is 3. The predicted octanol–water partition coefficient (Wildman–Crippen LogP) is 4.55. The summed E-state index contributed by atoms with van der Waals surface area (Å²) in [5, 5.41) is 0.